The van der Waals surface area contributed by atoms with Gasteiger partial charge in [0.05, 0.1) is 0 Å². The van der Waals surface area contributed by atoms with Gasteiger partial charge in [0.15, 0.2) is 0 Å². The Hall–Kier alpha value is 0.270. The van der Waals surface area contributed by atoms with E-state index in [4.69, 9.17) is 4.74 Å². The van der Waals surface area contributed by atoms with Crippen LogP contribution >= 0.6 is 11.8 Å². The Balaban J connectivity index is 2.35. The van der Waals surface area contributed by atoms with Crippen molar-refractivity contribution in [3.63, 3.8) is 0 Å². The van der Waals surface area contributed by atoms with Crippen LogP contribution < -0.4 is 5.32 Å². The lowest BCUT2D eigenvalue weighted by molar-refractivity contribution is 0.148. The molecule has 0 aliphatic carbocycles. The van der Waals surface area contributed by atoms with Crippen molar-refractivity contribution in [1.82, 2.24) is 5.32 Å². The fourth-order valence-corrected chi connectivity index (χ4v) is 2.28. The van der Waals surface area contributed by atoms with Gasteiger partial charge in [-0.25, -0.2) is 0 Å². The monoisotopic (exact) mass is 217 g/mol. The Morgan fingerprint density at radius 3 is 2.43 bits per heavy atom. The van der Waals surface area contributed by atoms with Crippen molar-refractivity contribution in [2.24, 2.45) is 5.41 Å². The number of hydrogen-bond acceptors (Lipinski definition) is 3. The molecule has 1 N–H and O–H groups in total. The highest BCUT2D eigenvalue weighted by Gasteiger charge is 2.28. The molecule has 1 heterocycles. The summed E-state index contributed by atoms with van der Waals surface area (Å²) in [4.78, 5) is 0. The third kappa shape index (κ3) is 3.79. The van der Waals surface area contributed by atoms with Crippen molar-refractivity contribution in [2.75, 3.05) is 25.2 Å². The van der Waals surface area contributed by atoms with Crippen molar-refractivity contribution in [3.05, 3.63) is 0 Å². The highest BCUT2D eigenvalue weighted by molar-refractivity contribution is 8.00. The fraction of sp³-hybridized carbons (Fsp3) is 1.00. The highest BCUT2D eigenvalue weighted by atomic mass is 32.2. The minimum atomic E-state index is 0.332. The third-order valence-corrected chi connectivity index (χ3v) is 4.01. The summed E-state index contributed by atoms with van der Waals surface area (Å²) in [6.45, 7) is 7.75. The largest absolute Gasteiger partial charge is 0.385 e. The van der Waals surface area contributed by atoms with E-state index in [0.29, 0.717) is 11.5 Å². The summed E-state index contributed by atoms with van der Waals surface area (Å²) in [6.07, 6.45) is 1.11. The summed E-state index contributed by atoms with van der Waals surface area (Å²) >= 11 is 2.03. The Labute approximate surface area is 92.2 Å². The van der Waals surface area contributed by atoms with E-state index < -0.39 is 0 Å². The molecule has 1 fully saturated rings. The summed E-state index contributed by atoms with van der Waals surface area (Å²) in [5, 5.41) is 3.73. The summed E-state index contributed by atoms with van der Waals surface area (Å²) in [5.74, 6) is 2.55. The van der Waals surface area contributed by atoms with Gasteiger partial charge in [0.25, 0.3) is 0 Å². The van der Waals surface area contributed by atoms with E-state index in [1.165, 1.54) is 11.5 Å². The molecule has 0 bridgehead atoms. The highest BCUT2D eigenvalue weighted by Crippen LogP contribution is 2.25. The molecule has 0 radical (unpaired) electrons. The number of thioether (sulfide) groups is 1. The van der Waals surface area contributed by atoms with Gasteiger partial charge in [0.2, 0.25) is 0 Å². The zero-order valence-electron chi connectivity index (χ0n) is 9.80. The van der Waals surface area contributed by atoms with Gasteiger partial charge in [-0.15, -0.1) is 0 Å². The molecule has 0 aromatic heterocycles. The predicted molar refractivity (Wildman–Crippen MR) is 64.0 cm³/mol. The second-order valence-electron chi connectivity index (χ2n) is 5.10. The summed E-state index contributed by atoms with van der Waals surface area (Å²) in [6, 6.07) is 1.31. The van der Waals surface area contributed by atoms with Crippen LogP contribution in [0.2, 0.25) is 0 Å². The lowest BCUT2D eigenvalue weighted by Gasteiger charge is -2.38. The normalized spacial score (nSPS) is 20.6. The van der Waals surface area contributed by atoms with Gasteiger partial charge < -0.3 is 10.1 Å². The van der Waals surface area contributed by atoms with Crippen molar-refractivity contribution < 1.29 is 4.74 Å². The molecule has 2 nitrogen and oxygen atoms in total. The Kier molecular flexibility index (Phi) is 4.74. The van der Waals surface area contributed by atoms with Crippen LogP contribution in [0.5, 0.6) is 0 Å². The standard InChI is InChI=1S/C11H23NOS/c1-11(2,3)10(5-6-13-4)12-9-7-14-8-9/h9-10,12H,5-8H2,1-4H3. The smallest absolute Gasteiger partial charge is 0.0477 e. The molecule has 0 aromatic carbocycles. The van der Waals surface area contributed by atoms with Crippen LogP contribution in [-0.2, 0) is 4.74 Å². The molecule has 1 saturated heterocycles. The van der Waals surface area contributed by atoms with Crippen molar-refractivity contribution in [1.29, 1.82) is 0 Å². The summed E-state index contributed by atoms with van der Waals surface area (Å²) in [5.41, 5.74) is 0.332. The fourth-order valence-electron chi connectivity index (χ4n) is 1.62. The molecule has 84 valence electrons. The average Bonchev–Trinajstić information content (AvgIpc) is 1.99. The van der Waals surface area contributed by atoms with Crippen molar-refractivity contribution in [2.45, 2.75) is 39.3 Å². The second kappa shape index (κ2) is 5.38. The minimum absolute atomic E-state index is 0.332. The van der Waals surface area contributed by atoms with E-state index in [9.17, 15) is 0 Å². The van der Waals surface area contributed by atoms with Crippen LogP contribution in [0.3, 0.4) is 0 Å². The molecule has 0 spiro atoms. The molecule has 1 atom stereocenters. The van der Waals surface area contributed by atoms with Crippen molar-refractivity contribution >= 4 is 11.8 Å². The number of hydrogen-bond donors (Lipinski definition) is 1. The van der Waals surface area contributed by atoms with E-state index in [1.807, 2.05) is 11.8 Å². The Morgan fingerprint density at radius 1 is 1.43 bits per heavy atom. The lowest BCUT2D eigenvalue weighted by atomic mass is 9.84. The van der Waals surface area contributed by atoms with E-state index in [1.54, 1.807) is 7.11 Å². The molecular formula is C11H23NOS. The van der Waals surface area contributed by atoms with Crippen LogP contribution in [0.1, 0.15) is 27.2 Å². The zero-order valence-corrected chi connectivity index (χ0v) is 10.6. The molecule has 1 rings (SSSR count). The van der Waals surface area contributed by atoms with Crippen LogP contribution in [0.15, 0.2) is 0 Å². The van der Waals surface area contributed by atoms with Gasteiger partial charge in [-0.05, 0) is 11.8 Å². The topological polar surface area (TPSA) is 21.3 Å². The quantitative estimate of drug-likeness (QED) is 0.762. The molecule has 0 saturated carbocycles. The van der Waals surface area contributed by atoms with E-state index in [2.05, 4.69) is 26.1 Å². The molecule has 0 aromatic rings. The maximum atomic E-state index is 5.16. The maximum absolute atomic E-state index is 5.16. The van der Waals surface area contributed by atoms with E-state index in [0.717, 1.165) is 19.1 Å². The molecule has 3 heteroatoms. The number of rotatable bonds is 5. The van der Waals surface area contributed by atoms with Crippen LogP contribution in [-0.4, -0.2) is 37.3 Å². The molecule has 0 amide bonds. The molecule has 1 aliphatic heterocycles. The first-order chi connectivity index (χ1) is 6.54. The summed E-state index contributed by atoms with van der Waals surface area (Å²) in [7, 11) is 1.78. The first-order valence-electron chi connectivity index (χ1n) is 5.37. The van der Waals surface area contributed by atoms with Gasteiger partial charge in [-0.3, -0.25) is 0 Å². The van der Waals surface area contributed by atoms with Crippen molar-refractivity contribution in [3.8, 4) is 0 Å². The molecular weight excluding hydrogens is 194 g/mol. The first kappa shape index (κ1) is 12.3. The van der Waals surface area contributed by atoms with E-state index in [-0.39, 0.29) is 0 Å². The van der Waals surface area contributed by atoms with Crippen LogP contribution in [0, 0.1) is 5.41 Å². The van der Waals surface area contributed by atoms with Gasteiger partial charge in [-0.2, -0.15) is 11.8 Å². The van der Waals surface area contributed by atoms with Crippen LogP contribution in [0.25, 0.3) is 0 Å². The second-order valence-corrected chi connectivity index (χ2v) is 6.18. The van der Waals surface area contributed by atoms with Gasteiger partial charge in [-0.1, -0.05) is 20.8 Å². The van der Waals surface area contributed by atoms with Gasteiger partial charge in [0.1, 0.15) is 0 Å². The maximum Gasteiger partial charge on any atom is 0.0477 e. The van der Waals surface area contributed by atoms with E-state index >= 15 is 0 Å². The number of nitrogens with one attached hydrogen (secondary N) is 1. The SMILES string of the molecule is COCCC(NC1CSC1)C(C)(C)C. The molecule has 14 heavy (non-hydrogen) atoms. The number of ether oxygens (including phenoxy) is 1. The zero-order chi connectivity index (χ0) is 10.6. The van der Waals surface area contributed by atoms with Gasteiger partial charge in [0, 0.05) is 37.3 Å². The first-order valence-corrected chi connectivity index (χ1v) is 6.52. The predicted octanol–water partition coefficient (Wildman–Crippen LogP) is 2.14. The summed E-state index contributed by atoms with van der Waals surface area (Å²) < 4.78 is 5.16. The minimum Gasteiger partial charge on any atom is -0.385 e. The Morgan fingerprint density at radius 2 is 2.07 bits per heavy atom. The molecule has 1 unspecified atom stereocenters. The molecule has 1 aliphatic rings. The average molecular weight is 217 g/mol. The lowest BCUT2D eigenvalue weighted by Crippen LogP contribution is -2.51. The van der Waals surface area contributed by atoms with Gasteiger partial charge >= 0.3 is 0 Å². The van der Waals surface area contributed by atoms with Crippen LogP contribution in [0.4, 0.5) is 0 Å². The Bertz CT molecular complexity index is 163. The number of methoxy groups -OCH3 is 1. The third-order valence-electron chi connectivity index (χ3n) is 2.73.